The van der Waals surface area contributed by atoms with Gasteiger partial charge in [0.05, 0.1) is 23.6 Å². The van der Waals surface area contributed by atoms with Crippen LogP contribution in [0.3, 0.4) is 0 Å². The Bertz CT molecular complexity index is 1220. The molecule has 194 valence electrons. The van der Waals surface area contributed by atoms with Crippen molar-refractivity contribution in [2.75, 3.05) is 50.1 Å². The molecule has 1 unspecified atom stereocenters. The highest BCUT2D eigenvalue weighted by Gasteiger charge is 2.39. The minimum absolute atomic E-state index is 0.0325. The maximum absolute atomic E-state index is 13.2. The van der Waals surface area contributed by atoms with Gasteiger partial charge in [-0.3, -0.25) is 9.59 Å². The molecule has 9 nitrogen and oxygen atoms in total. The Balaban J connectivity index is 1.37. The number of ether oxygens (including phenoxy) is 1. The summed E-state index contributed by atoms with van der Waals surface area (Å²) in [5.41, 5.74) is 1.12. The summed E-state index contributed by atoms with van der Waals surface area (Å²) in [5, 5.41) is 2.82. The summed E-state index contributed by atoms with van der Waals surface area (Å²) in [6, 6.07) is 13.9. The quantitative estimate of drug-likeness (QED) is 0.637. The molecule has 0 aromatic heterocycles. The van der Waals surface area contributed by atoms with Crippen molar-refractivity contribution in [1.29, 1.82) is 0 Å². The third kappa shape index (κ3) is 5.34. The third-order valence-electron chi connectivity index (χ3n) is 6.73. The first-order valence-electron chi connectivity index (χ1n) is 12.1. The van der Waals surface area contributed by atoms with Crippen molar-refractivity contribution in [1.82, 2.24) is 9.21 Å². The van der Waals surface area contributed by atoms with Crippen LogP contribution >= 0.6 is 0 Å². The second kappa shape index (κ2) is 10.1. The number of hydrogen-bond donors (Lipinski definition) is 1. The molecule has 2 aliphatic rings. The molecule has 0 radical (unpaired) electrons. The van der Waals surface area contributed by atoms with Crippen LogP contribution in [-0.2, 0) is 19.6 Å². The summed E-state index contributed by atoms with van der Waals surface area (Å²) in [4.78, 5) is 29.0. The smallest absolute Gasteiger partial charge is 0.243 e. The normalized spacial score (nSPS) is 19.4. The molecule has 2 amide bonds. The highest BCUT2D eigenvalue weighted by atomic mass is 32.2. The fourth-order valence-electron chi connectivity index (χ4n) is 4.70. The molecule has 0 spiro atoms. The first-order chi connectivity index (χ1) is 17.0. The SMILES string of the molecule is COc1ccccc1N1CCN(S(=O)(=O)c2ccc(NC(=O)C3CC(=O)N(C(C)(C)C)C3)cc2)CC1. The van der Waals surface area contributed by atoms with Crippen molar-refractivity contribution >= 4 is 33.2 Å². The number of likely N-dealkylation sites (tertiary alicyclic amines) is 1. The Kier molecular flexibility index (Phi) is 7.28. The number of anilines is 2. The molecule has 2 aromatic rings. The van der Waals surface area contributed by atoms with Gasteiger partial charge in [-0.15, -0.1) is 0 Å². The van der Waals surface area contributed by atoms with Crippen LogP contribution in [0.5, 0.6) is 5.75 Å². The van der Waals surface area contributed by atoms with E-state index >= 15 is 0 Å². The zero-order valence-corrected chi connectivity index (χ0v) is 22.0. The summed E-state index contributed by atoms with van der Waals surface area (Å²) in [6.07, 6.45) is 0.177. The zero-order chi connectivity index (χ0) is 26.1. The van der Waals surface area contributed by atoms with Crippen LogP contribution in [0.2, 0.25) is 0 Å². The summed E-state index contributed by atoms with van der Waals surface area (Å²) in [7, 11) is -2.04. The van der Waals surface area contributed by atoms with Gasteiger partial charge in [-0.2, -0.15) is 4.31 Å². The number of piperazine rings is 1. The Hall–Kier alpha value is -3.11. The second-order valence-electron chi connectivity index (χ2n) is 10.2. The van der Waals surface area contributed by atoms with Crippen LogP contribution in [0, 0.1) is 5.92 Å². The number of nitrogens with zero attached hydrogens (tertiary/aromatic N) is 3. The number of rotatable bonds is 6. The predicted molar refractivity (Wildman–Crippen MR) is 139 cm³/mol. The Morgan fingerprint density at radius 3 is 2.22 bits per heavy atom. The first-order valence-corrected chi connectivity index (χ1v) is 13.5. The number of nitrogens with one attached hydrogen (secondary N) is 1. The van der Waals surface area contributed by atoms with Crippen LogP contribution in [0.4, 0.5) is 11.4 Å². The number of sulfonamides is 1. The van der Waals surface area contributed by atoms with Crippen LogP contribution in [-0.4, -0.2) is 74.8 Å². The van der Waals surface area contributed by atoms with E-state index < -0.39 is 15.9 Å². The van der Waals surface area contributed by atoms with Crippen molar-refractivity contribution in [3.8, 4) is 5.75 Å². The van der Waals surface area contributed by atoms with Gasteiger partial charge in [0.15, 0.2) is 0 Å². The molecule has 4 rings (SSSR count). The van der Waals surface area contributed by atoms with Crippen molar-refractivity contribution in [3.63, 3.8) is 0 Å². The van der Waals surface area contributed by atoms with E-state index in [0.717, 1.165) is 11.4 Å². The maximum atomic E-state index is 13.2. The molecule has 2 aromatic carbocycles. The molecule has 2 saturated heterocycles. The van der Waals surface area contributed by atoms with Gasteiger partial charge in [-0.25, -0.2) is 8.42 Å². The van der Waals surface area contributed by atoms with Gasteiger partial charge in [-0.1, -0.05) is 12.1 Å². The molecule has 0 bridgehead atoms. The number of carbonyl (C=O) groups is 2. The number of hydrogen-bond acceptors (Lipinski definition) is 6. The van der Waals surface area contributed by atoms with Crippen LogP contribution in [0.1, 0.15) is 27.2 Å². The van der Waals surface area contributed by atoms with E-state index in [-0.39, 0.29) is 28.7 Å². The fourth-order valence-corrected chi connectivity index (χ4v) is 6.12. The van der Waals surface area contributed by atoms with E-state index in [1.54, 1.807) is 24.1 Å². The van der Waals surface area contributed by atoms with E-state index in [4.69, 9.17) is 4.74 Å². The van der Waals surface area contributed by atoms with Gasteiger partial charge in [0.2, 0.25) is 21.8 Å². The van der Waals surface area contributed by atoms with E-state index in [9.17, 15) is 18.0 Å². The van der Waals surface area contributed by atoms with Crippen molar-refractivity contribution < 1.29 is 22.7 Å². The standard InChI is InChI=1S/C26H34N4O5S/c1-26(2,3)30-18-19(17-24(30)31)25(32)27-20-9-11-21(12-10-20)36(33,34)29-15-13-28(14-16-29)22-7-5-6-8-23(22)35-4/h5-12,19H,13-18H2,1-4H3,(H,27,32). The predicted octanol–water partition coefficient (Wildman–Crippen LogP) is 2.79. The number of carbonyl (C=O) groups excluding carboxylic acids is 2. The fraction of sp³-hybridized carbons (Fsp3) is 0.462. The Morgan fingerprint density at radius 1 is 1.00 bits per heavy atom. The summed E-state index contributed by atoms with van der Waals surface area (Å²) >= 11 is 0. The van der Waals surface area contributed by atoms with Gasteiger partial charge in [0, 0.05) is 50.4 Å². The van der Waals surface area contributed by atoms with Crippen LogP contribution in [0.25, 0.3) is 0 Å². The maximum Gasteiger partial charge on any atom is 0.243 e. The minimum Gasteiger partial charge on any atom is -0.495 e. The summed E-state index contributed by atoms with van der Waals surface area (Å²) < 4.78 is 33.3. The van der Waals surface area contributed by atoms with Gasteiger partial charge in [-0.05, 0) is 57.2 Å². The van der Waals surface area contributed by atoms with Crippen molar-refractivity contribution in [2.24, 2.45) is 5.92 Å². The molecule has 36 heavy (non-hydrogen) atoms. The molecule has 1 atom stereocenters. The number of para-hydroxylation sites is 2. The second-order valence-corrected chi connectivity index (χ2v) is 12.1. The highest BCUT2D eigenvalue weighted by molar-refractivity contribution is 7.89. The molecule has 10 heteroatoms. The number of benzene rings is 2. The van der Waals surface area contributed by atoms with Crippen LogP contribution in [0.15, 0.2) is 53.4 Å². The summed E-state index contributed by atoms with van der Waals surface area (Å²) in [5.74, 6) is 0.0623. The summed E-state index contributed by atoms with van der Waals surface area (Å²) in [6.45, 7) is 8.05. The van der Waals surface area contributed by atoms with Gasteiger partial charge < -0.3 is 19.9 Å². The average Bonchev–Trinajstić information content (AvgIpc) is 3.27. The molecule has 2 heterocycles. The molecule has 2 fully saturated rings. The largest absolute Gasteiger partial charge is 0.495 e. The molecule has 2 aliphatic heterocycles. The topological polar surface area (TPSA) is 99.3 Å². The van der Waals surface area contributed by atoms with E-state index in [2.05, 4.69) is 10.2 Å². The lowest BCUT2D eigenvalue weighted by molar-refractivity contribution is -0.131. The lowest BCUT2D eigenvalue weighted by atomic mass is 10.1. The van der Waals surface area contributed by atoms with Gasteiger partial charge in [0.25, 0.3) is 0 Å². The first kappa shape index (κ1) is 26.0. The van der Waals surface area contributed by atoms with Crippen molar-refractivity contribution in [2.45, 2.75) is 37.6 Å². The Morgan fingerprint density at radius 2 is 1.64 bits per heavy atom. The van der Waals surface area contributed by atoms with E-state index in [0.29, 0.717) is 38.4 Å². The highest BCUT2D eigenvalue weighted by Crippen LogP contribution is 2.30. The lowest BCUT2D eigenvalue weighted by Gasteiger charge is -2.35. The monoisotopic (exact) mass is 514 g/mol. The van der Waals surface area contributed by atoms with Gasteiger partial charge in [0.1, 0.15) is 5.75 Å². The van der Waals surface area contributed by atoms with Gasteiger partial charge >= 0.3 is 0 Å². The van der Waals surface area contributed by atoms with Crippen molar-refractivity contribution in [3.05, 3.63) is 48.5 Å². The lowest BCUT2D eigenvalue weighted by Crippen LogP contribution is -2.48. The van der Waals surface area contributed by atoms with Crippen LogP contribution < -0.4 is 15.0 Å². The molecular formula is C26H34N4O5S. The zero-order valence-electron chi connectivity index (χ0n) is 21.2. The number of methoxy groups -OCH3 is 1. The number of amides is 2. The van der Waals surface area contributed by atoms with E-state index in [1.807, 2.05) is 45.0 Å². The molecule has 1 N–H and O–H groups in total. The Labute approximate surface area is 213 Å². The molecule has 0 aliphatic carbocycles. The van der Waals surface area contributed by atoms with E-state index in [1.165, 1.54) is 16.4 Å². The minimum atomic E-state index is -3.66. The molecule has 0 saturated carbocycles. The molecular weight excluding hydrogens is 480 g/mol. The average molecular weight is 515 g/mol. The third-order valence-corrected chi connectivity index (χ3v) is 8.64.